The smallest absolute Gasteiger partial charge is 0.342 e. The molecule has 9 heteroatoms. The molecule has 1 aliphatic carbocycles. The molecule has 0 aliphatic heterocycles. The molecule has 1 fully saturated rings. The van der Waals surface area contributed by atoms with Crippen LogP contribution in [0, 0.1) is 0 Å². The van der Waals surface area contributed by atoms with Gasteiger partial charge >= 0.3 is 5.97 Å². The van der Waals surface area contributed by atoms with Gasteiger partial charge in [0.1, 0.15) is 11.3 Å². The second-order valence-corrected chi connectivity index (χ2v) is 6.80. The number of nitrogens with one attached hydrogen (secondary N) is 1. The van der Waals surface area contributed by atoms with E-state index in [-0.39, 0.29) is 22.3 Å². The summed E-state index contributed by atoms with van der Waals surface area (Å²) < 4.78 is 32.9. The first-order valence-corrected chi connectivity index (χ1v) is 8.49. The number of carbonyl (C=O) groups is 2. The van der Waals surface area contributed by atoms with E-state index in [4.69, 9.17) is 14.6 Å². The quantitative estimate of drug-likeness (QED) is 0.710. The van der Waals surface area contributed by atoms with Gasteiger partial charge in [-0.05, 0) is 38.0 Å². The van der Waals surface area contributed by atoms with Gasteiger partial charge in [0.2, 0.25) is 10.0 Å². The van der Waals surface area contributed by atoms with Crippen molar-refractivity contribution in [3.8, 4) is 5.75 Å². The molecule has 0 radical (unpaired) electrons. The Morgan fingerprint density at radius 3 is 2.52 bits per heavy atom. The molecule has 126 valence electrons. The van der Waals surface area contributed by atoms with E-state index in [1.807, 2.05) is 0 Å². The number of rotatable bonds is 6. The first kappa shape index (κ1) is 17.2. The van der Waals surface area contributed by atoms with Crippen LogP contribution >= 0.6 is 0 Å². The number of methoxy groups -OCH3 is 1. The molecule has 0 aromatic heterocycles. The van der Waals surface area contributed by atoms with E-state index in [0.717, 1.165) is 18.9 Å². The van der Waals surface area contributed by atoms with Gasteiger partial charge in [-0.25, -0.2) is 18.4 Å². The van der Waals surface area contributed by atoms with Crippen LogP contribution in [-0.4, -0.2) is 39.5 Å². The van der Waals surface area contributed by atoms with Crippen LogP contribution in [0.2, 0.25) is 0 Å². The lowest BCUT2D eigenvalue weighted by atomic mass is 10.2. The third-order valence-electron chi connectivity index (χ3n) is 3.30. The van der Waals surface area contributed by atoms with Gasteiger partial charge in [0.15, 0.2) is 6.10 Å². The van der Waals surface area contributed by atoms with Crippen LogP contribution in [0.5, 0.6) is 5.75 Å². The number of sulfonamides is 1. The van der Waals surface area contributed by atoms with Gasteiger partial charge < -0.3 is 14.8 Å². The molecule has 1 atom stereocenters. The molecular weight excluding hydrogens is 324 g/mol. The Hall–Kier alpha value is -2.13. The number of nitrogens with two attached hydrogens (primary N) is 1. The van der Waals surface area contributed by atoms with Crippen molar-refractivity contribution in [3.05, 3.63) is 23.8 Å². The Morgan fingerprint density at radius 1 is 1.35 bits per heavy atom. The van der Waals surface area contributed by atoms with Gasteiger partial charge in [-0.2, -0.15) is 0 Å². The molecule has 0 heterocycles. The van der Waals surface area contributed by atoms with Crippen molar-refractivity contribution in [2.75, 3.05) is 7.11 Å². The summed E-state index contributed by atoms with van der Waals surface area (Å²) in [5.41, 5.74) is -0.120. The summed E-state index contributed by atoms with van der Waals surface area (Å²) in [5, 5.41) is 7.76. The molecular formula is C14H18N2O6S. The van der Waals surface area contributed by atoms with Crippen molar-refractivity contribution in [1.29, 1.82) is 0 Å². The molecule has 3 N–H and O–H groups in total. The standard InChI is InChI=1S/C14H18N2O6S/c1-8(13(17)16-9-3-4-9)22-14(18)11-7-10(23(15,19)20)5-6-12(11)21-2/h5-9H,3-4H2,1-2H3,(H,16,17)(H2,15,19,20)/t8-/m0/s1. The van der Waals surface area contributed by atoms with Crippen LogP contribution in [0.25, 0.3) is 0 Å². The van der Waals surface area contributed by atoms with E-state index in [2.05, 4.69) is 5.32 Å². The van der Waals surface area contributed by atoms with Gasteiger partial charge in [0, 0.05) is 6.04 Å². The molecule has 0 spiro atoms. The minimum absolute atomic E-state index is 0.120. The fourth-order valence-corrected chi connectivity index (χ4v) is 2.39. The Bertz CT molecular complexity index is 727. The SMILES string of the molecule is COc1ccc(S(N)(=O)=O)cc1C(=O)O[C@@H](C)C(=O)NC1CC1. The minimum atomic E-state index is -3.98. The maximum atomic E-state index is 12.2. The molecule has 1 aliphatic rings. The molecule has 1 aromatic carbocycles. The van der Waals surface area contributed by atoms with Gasteiger partial charge in [-0.15, -0.1) is 0 Å². The number of ether oxygens (including phenoxy) is 2. The van der Waals surface area contributed by atoms with Gasteiger partial charge in [-0.3, -0.25) is 4.79 Å². The van der Waals surface area contributed by atoms with E-state index in [0.29, 0.717) is 0 Å². The van der Waals surface area contributed by atoms with Crippen molar-refractivity contribution >= 4 is 21.9 Å². The Labute approximate surface area is 134 Å². The number of amides is 1. The average molecular weight is 342 g/mol. The summed E-state index contributed by atoms with van der Waals surface area (Å²) in [6, 6.07) is 3.71. The van der Waals surface area contributed by atoms with Gasteiger partial charge in [0.05, 0.1) is 12.0 Å². The third kappa shape index (κ3) is 4.42. The molecule has 0 bridgehead atoms. The van der Waals surface area contributed by atoms with Crippen molar-refractivity contribution in [1.82, 2.24) is 5.32 Å². The second kappa shape index (κ2) is 6.55. The number of hydrogen-bond donors (Lipinski definition) is 2. The van der Waals surface area contributed by atoms with Crippen molar-refractivity contribution < 1.29 is 27.5 Å². The monoisotopic (exact) mass is 342 g/mol. The van der Waals surface area contributed by atoms with Crippen LogP contribution in [-0.2, 0) is 19.6 Å². The first-order valence-electron chi connectivity index (χ1n) is 6.94. The molecule has 8 nitrogen and oxygen atoms in total. The maximum Gasteiger partial charge on any atom is 0.342 e. The van der Waals surface area contributed by atoms with Crippen molar-refractivity contribution in [3.63, 3.8) is 0 Å². The fourth-order valence-electron chi connectivity index (χ4n) is 1.85. The lowest BCUT2D eigenvalue weighted by molar-refractivity contribution is -0.129. The minimum Gasteiger partial charge on any atom is -0.496 e. The highest BCUT2D eigenvalue weighted by molar-refractivity contribution is 7.89. The highest BCUT2D eigenvalue weighted by Crippen LogP contribution is 2.23. The van der Waals surface area contributed by atoms with E-state index >= 15 is 0 Å². The highest BCUT2D eigenvalue weighted by Gasteiger charge is 2.28. The second-order valence-electron chi connectivity index (χ2n) is 5.24. The van der Waals surface area contributed by atoms with Crippen LogP contribution in [0.15, 0.2) is 23.1 Å². The van der Waals surface area contributed by atoms with Crippen LogP contribution < -0.4 is 15.2 Å². The zero-order valence-electron chi connectivity index (χ0n) is 12.7. The summed E-state index contributed by atoms with van der Waals surface area (Å²) >= 11 is 0. The Balaban J connectivity index is 2.18. The van der Waals surface area contributed by atoms with E-state index in [1.165, 1.54) is 26.2 Å². The van der Waals surface area contributed by atoms with Gasteiger partial charge in [0.25, 0.3) is 5.91 Å². The topological polar surface area (TPSA) is 125 Å². The van der Waals surface area contributed by atoms with E-state index in [9.17, 15) is 18.0 Å². The average Bonchev–Trinajstić information content (AvgIpc) is 3.29. The number of carbonyl (C=O) groups excluding carboxylic acids is 2. The molecule has 0 saturated heterocycles. The van der Waals surface area contributed by atoms with Crippen molar-refractivity contribution in [2.45, 2.75) is 36.8 Å². The predicted octanol–water partition coefficient (Wildman–Crippen LogP) is 0.166. The molecule has 0 unspecified atom stereocenters. The first-order chi connectivity index (χ1) is 10.7. The Morgan fingerprint density at radius 2 is 2.00 bits per heavy atom. The normalized spacial score (nSPS) is 15.6. The predicted molar refractivity (Wildman–Crippen MR) is 80.4 cm³/mol. The van der Waals surface area contributed by atoms with E-state index < -0.39 is 28.0 Å². The molecule has 1 amide bonds. The zero-order valence-corrected chi connectivity index (χ0v) is 13.6. The summed E-state index contributed by atoms with van der Waals surface area (Å²) in [4.78, 5) is 23.8. The van der Waals surface area contributed by atoms with Crippen molar-refractivity contribution in [2.24, 2.45) is 5.14 Å². The van der Waals surface area contributed by atoms with Crippen LogP contribution in [0.4, 0.5) is 0 Å². The van der Waals surface area contributed by atoms with Crippen LogP contribution in [0.1, 0.15) is 30.1 Å². The summed E-state index contributed by atoms with van der Waals surface area (Å²) in [7, 11) is -2.65. The molecule has 23 heavy (non-hydrogen) atoms. The number of primary sulfonamides is 1. The largest absolute Gasteiger partial charge is 0.496 e. The maximum absolute atomic E-state index is 12.2. The third-order valence-corrected chi connectivity index (χ3v) is 4.21. The lowest BCUT2D eigenvalue weighted by Gasteiger charge is -2.15. The highest BCUT2D eigenvalue weighted by atomic mass is 32.2. The van der Waals surface area contributed by atoms with Gasteiger partial charge in [-0.1, -0.05) is 0 Å². The van der Waals surface area contributed by atoms with E-state index in [1.54, 1.807) is 0 Å². The zero-order chi connectivity index (χ0) is 17.2. The number of esters is 1. The fraction of sp³-hybridized carbons (Fsp3) is 0.429. The summed E-state index contributed by atoms with van der Waals surface area (Å²) in [6.45, 7) is 1.44. The molecule has 1 aromatic rings. The Kier molecular flexibility index (Phi) is 4.90. The number of benzene rings is 1. The summed E-state index contributed by atoms with van der Waals surface area (Å²) in [5.74, 6) is -1.15. The molecule has 1 saturated carbocycles. The van der Waals surface area contributed by atoms with Crippen LogP contribution in [0.3, 0.4) is 0 Å². The molecule has 2 rings (SSSR count). The summed E-state index contributed by atoms with van der Waals surface area (Å²) in [6.07, 6.45) is 0.818. The lowest BCUT2D eigenvalue weighted by Crippen LogP contribution is -2.37. The number of hydrogen-bond acceptors (Lipinski definition) is 6.